The molecule has 0 heterocycles. The van der Waals surface area contributed by atoms with Crippen LogP contribution in [0, 0.1) is 0 Å². The Bertz CT molecular complexity index is 335. The zero-order chi connectivity index (χ0) is 15.5. The highest BCUT2D eigenvalue weighted by Crippen LogP contribution is 2.48. The van der Waals surface area contributed by atoms with Crippen molar-refractivity contribution >= 4 is 11.9 Å². The number of rotatable bonds is 5. The van der Waals surface area contributed by atoms with Gasteiger partial charge >= 0.3 is 18.3 Å². The van der Waals surface area contributed by atoms with E-state index in [1.807, 2.05) is 0 Å². The Balaban J connectivity index is 4.72. The van der Waals surface area contributed by atoms with Crippen molar-refractivity contribution in [2.75, 3.05) is 6.54 Å². The van der Waals surface area contributed by atoms with Gasteiger partial charge in [0, 0.05) is 12.8 Å². The molecule has 0 aromatic rings. The lowest BCUT2D eigenvalue weighted by Gasteiger charge is -2.29. The molecule has 0 aromatic heterocycles. The Morgan fingerprint density at radius 1 is 0.947 bits per heavy atom. The van der Waals surface area contributed by atoms with Crippen LogP contribution in [0.1, 0.15) is 12.8 Å². The standard InChI is InChI=1S/C8H8F7NO3/c9-6(7(10,11)12,8(13,14)15)2-1-4(17)16-3-5(18)19/h1-3H2,(H,16,17)(H,18,19). The van der Waals surface area contributed by atoms with E-state index in [1.54, 1.807) is 0 Å². The Labute approximate surface area is 101 Å². The minimum atomic E-state index is -6.22. The van der Waals surface area contributed by atoms with E-state index in [1.165, 1.54) is 5.32 Å². The number of nitrogens with one attached hydrogen (secondary N) is 1. The molecule has 0 aromatic carbocycles. The van der Waals surface area contributed by atoms with Crippen molar-refractivity contribution in [2.45, 2.75) is 30.9 Å². The van der Waals surface area contributed by atoms with Gasteiger partial charge in [-0.25, -0.2) is 4.39 Å². The van der Waals surface area contributed by atoms with Crippen molar-refractivity contribution in [3.05, 3.63) is 0 Å². The molecule has 0 fully saturated rings. The second-order valence-electron chi connectivity index (χ2n) is 3.47. The second kappa shape index (κ2) is 5.61. The lowest BCUT2D eigenvalue weighted by molar-refractivity contribution is -0.343. The molecule has 11 heteroatoms. The number of amides is 1. The molecule has 19 heavy (non-hydrogen) atoms. The predicted octanol–water partition coefficient (Wildman–Crippen LogP) is 1.80. The number of aliphatic carboxylic acids is 1. The summed E-state index contributed by atoms with van der Waals surface area (Å²) in [7, 11) is 0. The SMILES string of the molecule is O=C(O)CNC(=O)CCC(F)(C(F)(F)F)C(F)(F)F. The minimum Gasteiger partial charge on any atom is -0.480 e. The number of carboxylic acid groups (broad SMARTS) is 1. The summed E-state index contributed by atoms with van der Waals surface area (Å²) in [5.41, 5.74) is -5.51. The molecule has 0 saturated carbocycles. The van der Waals surface area contributed by atoms with Crippen LogP contribution in [0.3, 0.4) is 0 Å². The number of hydrogen-bond acceptors (Lipinski definition) is 2. The van der Waals surface area contributed by atoms with Crippen LogP contribution in [0.2, 0.25) is 0 Å². The van der Waals surface area contributed by atoms with Crippen molar-refractivity contribution in [1.82, 2.24) is 5.32 Å². The predicted molar refractivity (Wildman–Crippen MR) is 45.8 cm³/mol. The summed E-state index contributed by atoms with van der Waals surface area (Å²) >= 11 is 0. The summed E-state index contributed by atoms with van der Waals surface area (Å²) in [4.78, 5) is 20.7. The van der Waals surface area contributed by atoms with Crippen molar-refractivity contribution in [1.29, 1.82) is 0 Å². The van der Waals surface area contributed by atoms with Crippen LogP contribution >= 0.6 is 0 Å². The van der Waals surface area contributed by atoms with Crippen molar-refractivity contribution in [3.63, 3.8) is 0 Å². The van der Waals surface area contributed by atoms with Crippen LogP contribution in [0.15, 0.2) is 0 Å². The Morgan fingerprint density at radius 3 is 1.68 bits per heavy atom. The summed E-state index contributed by atoms with van der Waals surface area (Å²) in [5, 5.41) is 9.62. The third-order valence-corrected chi connectivity index (χ3v) is 2.03. The largest absolute Gasteiger partial charge is 0.480 e. The molecule has 0 atom stereocenters. The van der Waals surface area contributed by atoms with Gasteiger partial charge in [0.1, 0.15) is 6.54 Å². The highest BCUT2D eigenvalue weighted by atomic mass is 19.4. The topological polar surface area (TPSA) is 66.4 Å². The summed E-state index contributed by atoms with van der Waals surface area (Å²) < 4.78 is 85.3. The number of halogens is 7. The van der Waals surface area contributed by atoms with Gasteiger partial charge in [0.25, 0.3) is 5.67 Å². The van der Waals surface area contributed by atoms with Gasteiger partial charge in [-0.05, 0) is 0 Å². The van der Waals surface area contributed by atoms with E-state index < -0.39 is 49.3 Å². The summed E-state index contributed by atoms with van der Waals surface area (Å²) in [6, 6.07) is 0. The summed E-state index contributed by atoms with van der Waals surface area (Å²) in [6.45, 7) is -0.990. The molecule has 0 aliphatic heterocycles. The molecule has 0 unspecified atom stereocenters. The molecule has 0 rings (SSSR count). The maximum atomic E-state index is 13.0. The first-order valence-electron chi connectivity index (χ1n) is 4.62. The number of carbonyl (C=O) groups excluding carboxylic acids is 1. The van der Waals surface area contributed by atoms with Crippen LogP contribution in [0.25, 0.3) is 0 Å². The van der Waals surface area contributed by atoms with Crippen molar-refractivity contribution < 1.29 is 45.4 Å². The molecule has 0 saturated heterocycles. The number of carboxylic acids is 1. The maximum absolute atomic E-state index is 13.0. The zero-order valence-electron chi connectivity index (χ0n) is 9.03. The smallest absolute Gasteiger partial charge is 0.431 e. The first kappa shape index (κ1) is 17.4. The first-order chi connectivity index (χ1) is 8.31. The average molecular weight is 299 g/mol. The van der Waals surface area contributed by atoms with Crippen LogP contribution in [-0.4, -0.2) is 41.5 Å². The van der Waals surface area contributed by atoms with Gasteiger partial charge in [-0.2, -0.15) is 26.3 Å². The Kier molecular flexibility index (Phi) is 5.15. The van der Waals surface area contributed by atoms with E-state index in [9.17, 15) is 40.3 Å². The lowest BCUT2D eigenvalue weighted by Crippen LogP contribution is -2.53. The normalized spacial score (nSPS) is 13.2. The van der Waals surface area contributed by atoms with Gasteiger partial charge in [-0.3, -0.25) is 9.59 Å². The average Bonchev–Trinajstić information content (AvgIpc) is 2.19. The summed E-state index contributed by atoms with van der Waals surface area (Å²) in [6.07, 6.45) is -16.1. The molecule has 0 aliphatic rings. The van der Waals surface area contributed by atoms with Gasteiger partial charge in [0.15, 0.2) is 0 Å². The highest BCUT2D eigenvalue weighted by Gasteiger charge is 2.71. The Morgan fingerprint density at radius 2 is 1.37 bits per heavy atom. The number of alkyl halides is 7. The molecular formula is C8H8F7NO3. The molecule has 2 N–H and O–H groups in total. The Hall–Kier alpha value is -1.55. The van der Waals surface area contributed by atoms with E-state index in [0.717, 1.165) is 0 Å². The quantitative estimate of drug-likeness (QED) is 0.761. The monoisotopic (exact) mass is 299 g/mol. The third-order valence-electron chi connectivity index (χ3n) is 2.03. The van der Waals surface area contributed by atoms with Crippen LogP contribution < -0.4 is 5.32 Å². The van der Waals surface area contributed by atoms with Crippen LogP contribution in [0.4, 0.5) is 30.7 Å². The fourth-order valence-corrected chi connectivity index (χ4v) is 0.993. The molecule has 112 valence electrons. The lowest BCUT2D eigenvalue weighted by atomic mass is 9.98. The fraction of sp³-hybridized carbons (Fsp3) is 0.750. The third kappa shape index (κ3) is 4.56. The molecule has 0 bridgehead atoms. The van der Waals surface area contributed by atoms with Gasteiger partial charge in [-0.1, -0.05) is 0 Å². The number of hydrogen-bond donors (Lipinski definition) is 2. The second-order valence-corrected chi connectivity index (χ2v) is 3.47. The molecule has 4 nitrogen and oxygen atoms in total. The molecule has 0 spiro atoms. The van der Waals surface area contributed by atoms with Gasteiger partial charge < -0.3 is 10.4 Å². The van der Waals surface area contributed by atoms with Gasteiger partial charge in [-0.15, -0.1) is 0 Å². The van der Waals surface area contributed by atoms with E-state index in [0.29, 0.717) is 0 Å². The van der Waals surface area contributed by atoms with E-state index in [2.05, 4.69) is 0 Å². The van der Waals surface area contributed by atoms with E-state index in [-0.39, 0.29) is 0 Å². The van der Waals surface area contributed by atoms with E-state index >= 15 is 0 Å². The number of carbonyl (C=O) groups is 2. The minimum absolute atomic E-state index is 0.990. The summed E-state index contributed by atoms with van der Waals surface area (Å²) in [5.74, 6) is -2.98. The maximum Gasteiger partial charge on any atom is 0.431 e. The molecule has 0 aliphatic carbocycles. The van der Waals surface area contributed by atoms with E-state index in [4.69, 9.17) is 5.11 Å². The fourth-order valence-electron chi connectivity index (χ4n) is 0.993. The molecule has 0 radical (unpaired) electrons. The first-order valence-corrected chi connectivity index (χ1v) is 4.62. The van der Waals surface area contributed by atoms with Crippen LogP contribution in [-0.2, 0) is 9.59 Å². The highest BCUT2D eigenvalue weighted by molar-refractivity contribution is 5.81. The van der Waals surface area contributed by atoms with Crippen LogP contribution in [0.5, 0.6) is 0 Å². The van der Waals surface area contributed by atoms with Crippen molar-refractivity contribution in [2.24, 2.45) is 0 Å². The van der Waals surface area contributed by atoms with Gasteiger partial charge in [0.05, 0.1) is 0 Å². The zero-order valence-corrected chi connectivity index (χ0v) is 9.03. The van der Waals surface area contributed by atoms with Crippen molar-refractivity contribution in [3.8, 4) is 0 Å². The molecule has 1 amide bonds. The molecular weight excluding hydrogens is 291 g/mol. The van der Waals surface area contributed by atoms with Gasteiger partial charge in [0.2, 0.25) is 5.91 Å².